The minimum absolute atomic E-state index is 0.0384. The number of nitro benzene ring substituents is 1. The van der Waals surface area contributed by atoms with Crippen molar-refractivity contribution in [2.45, 2.75) is 25.8 Å². The smallest absolute Gasteiger partial charge is 0.269 e. The lowest BCUT2D eigenvalue weighted by Crippen LogP contribution is -2.50. The zero-order valence-corrected chi connectivity index (χ0v) is 10.8. The average Bonchev–Trinajstić information content (AvgIpc) is 2.41. The Kier molecular flexibility index (Phi) is 4.11. The molecule has 1 aliphatic heterocycles. The highest BCUT2D eigenvalue weighted by atomic mass is 16.6. The number of anilines is 1. The zero-order chi connectivity index (χ0) is 13.8. The van der Waals surface area contributed by atoms with Gasteiger partial charge in [0.15, 0.2) is 0 Å². The molecule has 1 amide bonds. The van der Waals surface area contributed by atoms with Crippen molar-refractivity contribution in [1.82, 2.24) is 5.32 Å². The lowest BCUT2D eigenvalue weighted by Gasteiger charge is -2.32. The standard InChI is InChI=1S/C13H17N3O3/c1-2-14-12-4-3-9-15(13(12)17)10-5-7-11(8-6-10)16(18)19/h5-8,12,14H,2-4,9H2,1H3. The number of non-ortho nitro benzene ring substituents is 1. The third-order valence-electron chi connectivity index (χ3n) is 3.26. The van der Waals surface area contributed by atoms with E-state index < -0.39 is 4.92 Å². The van der Waals surface area contributed by atoms with E-state index in [2.05, 4.69) is 5.32 Å². The van der Waals surface area contributed by atoms with Gasteiger partial charge in [-0.15, -0.1) is 0 Å². The largest absolute Gasteiger partial charge is 0.311 e. The van der Waals surface area contributed by atoms with Gasteiger partial charge in [-0.1, -0.05) is 6.92 Å². The Morgan fingerprint density at radius 1 is 1.42 bits per heavy atom. The highest BCUT2D eigenvalue weighted by molar-refractivity contribution is 5.98. The second kappa shape index (κ2) is 5.79. The number of carbonyl (C=O) groups is 1. The van der Waals surface area contributed by atoms with Gasteiger partial charge in [0.1, 0.15) is 0 Å². The summed E-state index contributed by atoms with van der Waals surface area (Å²) in [6, 6.07) is 5.97. The van der Waals surface area contributed by atoms with Crippen LogP contribution in [0.4, 0.5) is 11.4 Å². The number of piperidine rings is 1. The molecule has 102 valence electrons. The monoisotopic (exact) mass is 263 g/mol. The Labute approximate surface area is 111 Å². The maximum atomic E-state index is 12.3. The number of rotatable bonds is 4. The molecular formula is C13H17N3O3. The molecule has 6 heteroatoms. The summed E-state index contributed by atoms with van der Waals surface area (Å²) in [4.78, 5) is 24.1. The van der Waals surface area contributed by atoms with E-state index in [0.29, 0.717) is 6.54 Å². The number of hydrogen-bond acceptors (Lipinski definition) is 4. The molecule has 1 saturated heterocycles. The Hall–Kier alpha value is -1.95. The SMILES string of the molecule is CCNC1CCCN(c2ccc([N+](=O)[O-])cc2)C1=O. The van der Waals surface area contributed by atoms with Crippen LogP contribution in [0.15, 0.2) is 24.3 Å². The zero-order valence-electron chi connectivity index (χ0n) is 10.8. The fourth-order valence-electron chi connectivity index (χ4n) is 2.32. The lowest BCUT2D eigenvalue weighted by atomic mass is 10.0. The minimum Gasteiger partial charge on any atom is -0.311 e. The van der Waals surface area contributed by atoms with Gasteiger partial charge in [-0.05, 0) is 31.5 Å². The van der Waals surface area contributed by atoms with E-state index in [-0.39, 0.29) is 17.6 Å². The van der Waals surface area contributed by atoms with Gasteiger partial charge >= 0.3 is 0 Å². The number of nitrogens with zero attached hydrogens (tertiary/aromatic N) is 2. The molecule has 1 fully saturated rings. The molecular weight excluding hydrogens is 246 g/mol. The molecule has 1 atom stereocenters. The van der Waals surface area contributed by atoms with E-state index in [1.54, 1.807) is 17.0 Å². The summed E-state index contributed by atoms with van der Waals surface area (Å²) in [5, 5.41) is 13.8. The molecule has 6 nitrogen and oxygen atoms in total. The number of nitrogens with one attached hydrogen (secondary N) is 1. The van der Waals surface area contributed by atoms with E-state index in [0.717, 1.165) is 25.1 Å². The first kappa shape index (κ1) is 13.5. The number of likely N-dealkylation sites (N-methyl/N-ethyl adjacent to an activating group) is 1. The van der Waals surface area contributed by atoms with E-state index in [4.69, 9.17) is 0 Å². The lowest BCUT2D eigenvalue weighted by molar-refractivity contribution is -0.384. The first-order chi connectivity index (χ1) is 9.13. The maximum absolute atomic E-state index is 12.3. The Morgan fingerprint density at radius 2 is 2.11 bits per heavy atom. The van der Waals surface area contributed by atoms with Crippen molar-refractivity contribution in [3.8, 4) is 0 Å². The molecule has 0 saturated carbocycles. The molecule has 1 aromatic rings. The Balaban J connectivity index is 2.16. The van der Waals surface area contributed by atoms with Gasteiger partial charge in [0, 0.05) is 24.4 Å². The van der Waals surface area contributed by atoms with Crippen LogP contribution in [0.1, 0.15) is 19.8 Å². The summed E-state index contributed by atoms with van der Waals surface area (Å²) in [7, 11) is 0. The van der Waals surface area contributed by atoms with Crippen LogP contribution in [0.3, 0.4) is 0 Å². The number of amides is 1. The van der Waals surface area contributed by atoms with Gasteiger partial charge in [-0.3, -0.25) is 14.9 Å². The highest BCUT2D eigenvalue weighted by Gasteiger charge is 2.28. The topological polar surface area (TPSA) is 75.5 Å². The molecule has 1 heterocycles. The van der Waals surface area contributed by atoms with Crippen molar-refractivity contribution in [3.05, 3.63) is 34.4 Å². The number of nitro groups is 1. The third kappa shape index (κ3) is 2.90. The normalized spacial score (nSPS) is 19.5. The fraction of sp³-hybridized carbons (Fsp3) is 0.462. The maximum Gasteiger partial charge on any atom is 0.269 e. The van der Waals surface area contributed by atoms with Gasteiger partial charge in [-0.25, -0.2) is 0 Å². The molecule has 1 N–H and O–H groups in total. The van der Waals surface area contributed by atoms with Gasteiger partial charge in [0.25, 0.3) is 5.69 Å². The summed E-state index contributed by atoms with van der Waals surface area (Å²) in [5.74, 6) is 0.0435. The van der Waals surface area contributed by atoms with Crippen molar-refractivity contribution < 1.29 is 9.72 Å². The number of benzene rings is 1. The van der Waals surface area contributed by atoms with Crippen LogP contribution in [-0.4, -0.2) is 30.0 Å². The second-order valence-corrected chi connectivity index (χ2v) is 4.52. The number of carbonyl (C=O) groups excluding carboxylic acids is 1. The predicted molar refractivity (Wildman–Crippen MR) is 72.1 cm³/mol. The molecule has 0 radical (unpaired) electrons. The third-order valence-corrected chi connectivity index (χ3v) is 3.26. The molecule has 0 aliphatic carbocycles. The van der Waals surface area contributed by atoms with Crippen LogP contribution in [0.2, 0.25) is 0 Å². The Bertz CT molecular complexity index is 471. The van der Waals surface area contributed by atoms with Crippen LogP contribution in [-0.2, 0) is 4.79 Å². The van der Waals surface area contributed by atoms with Crippen molar-refractivity contribution in [1.29, 1.82) is 0 Å². The second-order valence-electron chi connectivity index (χ2n) is 4.52. The van der Waals surface area contributed by atoms with Gasteiger partial charge in [0.2, 0.25) is 5.91 Å². The van der Waals surface area contributed by atoms with Gasteiger partial charge in [0.05, 0.1) is 11.0 Å². The molecule has 1 aliphatic rings. The average molecular weight is 263 g/mol. The van der Waals surface area contributed by atoms with Crippen LogP contribution >= 0.6 is 0 Å². The van der Waals surface area contributed by atoms with E-state index >= 15 is 0 Å². The summed E-state index contributed by atoms with van der Waals surface area (Å²) in [6.45, 7) is 3.39. The molecule has 1 unspecified atom stereocenters. The summed E-state index contributed by atoms with van der Waals surface area (Å²) in [6.07, 6.45) is 1.77. The van der Waals surface area contributed by atoms with Crippen LogP contribution in [0.25, 0.3) is 0 Å². The summed E-state index contributed by atoms with van der Waals surface area (Å²) in [5.41, 5.74) is 0.759. The molecule has 1 aromatic carbocycles. The first-order valence-electron chi connectivity index (χ1n) is 6.42. The van der Waals surface area contributed by atoms with Crippen molar-refractivity contribution in [2.24, 2.45) is 0 Å². The highest BCUT2D eigenvalue weighted by Crippen LogP contribution is 2.23. The van der Waals surface area contributed by atoms with Crippen LogP contribution in [0.5, 0.6) is 0 Å². The molecule has 0 bridgehead atoms. The van der Waals surface area contributed by atoms with Gasteiger partial charge in [-0.2, -0.15) is 0 Å². The molecule has 2 rings (SSSR count). The van der Waals surface area contributed by atoms with Gasteiger partial charge < -0.3 is 10.2 Å². The Morgan fingerprint density at radius 3 is 2.68 bits per heavy atom. The van der Waals surface area contributed by atoms with E-state index in [1.807, 2.05) is 6.92 Å². The first-order valence-corrected chi connectivity index (χ1v) is 6.42. The number of hydrogen-bond donors (Lipinski definition) is 1. The quantitative estimate of drug-likeness (QED) is 0.662. The van der Waals surface area contributed by atoms with E-state index in [1.165, 1.54) is 12.1 Å². The molecule has 0 aromatic heterocycles. The summed E-state index contributed by atoms with van der Waals surface area (Å²) >= 11 is 0. The van der Waals surface area contributed by atoms with Crippen molar-refractivity contribution in [2.75, 3.05) is 18.0 Å². The molecule has 0 spiro atoms. The molecule has 19 heavy (non-hydrogen) atoms. The van der Waals surface area contributed by atoms with E-state index in [9.17, 15) is 14.9 Å². The van der Waals surface area contributed by atoms with Crippen LogP contribution in [0, 0.1) is 10.1 Å². The van der Waals surface area contributed by atoms with Crippen LogP contribution < -0.4 is 10.2 Å². The van der Waals surface area contributed by atoms with Crippen molar-refractivity contribution >= 4 is 17.3 Å². The fourth-order valence-corrected chi connectivity index (χ4v) is 2.32. The summed E-state index contributed by atoms with van der Waals surface area (Å²) < 4.78 is 0. The minimum atomic E-state index is -0.441. The predicted octanol–water partition coefficient (Wildman–Crippen LogP) is 1.70. The van der Waals surface area contributed by atoms with Crippen molar-refractivity contribution in [3.63, 3.8) is 0 Å².